The quantitative estimate of drug-likeness (QED) is 0.280. The number of rotatable bonds is 12. The Kier molecular flexibility index (Phi) is 11.2. The monoisotopic (exact) mass is 274 g/mol. The average Bonchev–Trinajstić information content (AvgIpc) is 2.37. The van der Waals surface area contributed by atoms with Gasteiger partial charge in [-0.05, 0) is 32.2 Å². The molecule has 0 rings (SSSR count). The number of esters is 1. The highest BCUT2D eigenvalue weighted by molar-refractivity contribution is 5.70. The zero-order chi connectivity index (χ0) is 14.5. The molecule has 0 aromatic rings. The van der Waals surface area contributed by atoms with Crippen LogP contribution in [0.5, 0.6) is 0 Å². The van der Waals surface area contributed by atoms with Gasteiger partial charge in [-0.2, -0.15) is 0 Å². The summed E-state index contributed by atoms with van der Waals surface area (Å²) in [6.07, 6.45) is 2.66. The fraction of sp³-hybridized carbons (Fsp3) is 0.769. The number of hydrogen-bond donors (Lipinski definition) is 3. The van der Waals surface area contributed by atoms with E-state index in [1.165, 1.54) is 0 Å². The van der Waals surface area contributed by atoms with Gasteiger partial charge >= 0.3 is 11.9 Å². The van der Waals surface area contributed by atoms with Crippen molar-refractivity contribution in [3.05, 3.63) is 6.92 Å². The SMILES string of the molecule is [CH2]CCNC(CCCO)OC(=O)CCCCC(=O)O. The smallest absolute Gasteiger partial charge is 0.307 e. The van der Waals surface area contributed by atoms with E-state index in [1.54, 1.807) is 0 Å². The molecule has 0 aromatic heterocycles. The van der Waals surface area contributed by atoms with Crippen LogP contribution in [0.4, 0.5) is 0 Å². The lowest BCUT2D eigenvalue weighted by molar-refractivity contribution is -0.151. The second kappa shape index (κ2) is 11.9. The van der Waals surface area contributed by atoms with Crippen molar-refractivity contribution in [3.8, 4) is 0 Å². The van der Waals surface area contributed by atoms with E-state index in [2.05, 4.69) is 12.2 Å². The van der Waals surface area contributed by atoms with Crippen molar-refractivity contribution >= 4 is 11.9 Å². The van der Waals surface area contributed by atoms with Crippen LogP contribution >= 0.6 is 0 Å². The standard InChI is InChI=1S/C13H24NO5/c1-2-9-14-11(6-5-10-15)19-13(18)8-4-3-7-12(16)17/h11,14-15H,1-10H2,(H,16,17). The molecule has 6 heteroatoms. The molecule has 19 heavy (non-hydrogen) atoms. The highest BCUT2D eigenvalue weighted by Crippen LogP contribution is 2.05. The fourth-order valence-corrected chi connectivity index (χ4v) is 1.51. The number of aliphatic carboxylic acids is 1. The van der Waals surface area contributed by atoms with E-state index in [9.17, 15) is 9.59 Å². The maximum atomic E-state index is 11.5. The van der Waals surface area contributed by atoms with Crippen LogP contribution in [-0.2, 0) is 14.3 Å². The molecular formula is C13H24NO5. The van der Waals surface area contributed by atoms with Crippen LogP contribution in [-0.4, -0.2) is 41.5 Å². The minimum Gasteiger partial charge on any atom is -0.481 e. The zero-order valence-corrected chi connectivity index (χ0v) is 11.3. The van der Waals surface area contributed by atoms with E-state index < -0.39 is 12.2 Å². The summed E-state index contributed by atoms with van der Waals surface area (Å²) in [5.74, 6) is -1.20. The molecule has 0 amide bonds. The van der Waals surface area contributed by atoms with E-state index in [0.717, 1.165) is 0 Å². The maximum absolute atomic E-state index is 11.5. The van der Waals surface area contributed by atoms with Crippen LogP contribution in [0.3, 0.4) is 0 Å². The van der Waals surface area contributed by atoms with Gasteiger partial charge < -0.3 is 14.9 Å². The van der Waals surface area contributed by atoms with Crippen molar-refractivity contribution < 1.29 is 24.5 Å². The first-order chi connectivity index (χ1) is 9.10. The Labute approximate surface area is 114 Å². The summed E-state index contributed by atoms with van der Waals surface area (Å²) in [6, 6.07) is 0. The third-order valence-corrected chi connectivity index (χ3v) is 2.47. The van der Waals surface area contributed by atoms with Gasteiger partial charge in [0.1, 0.15) is 0 Å². The lowest BCUT2D eigenvalue weighted by atomic mass is 10.2. The van der Waals surface area contributed by atoms with E-state index in [4.69, 9.17) is 14.9 Å². The Hall–Kier alpha value is -1.14. The molecule has 1 unspecified atom stereocenters. The molecule has 0 saturated heterocycles. The van der Waals surface area contributed by atoms with Crippen molar-refractivity contribution in [2.75, 3.05) is 13.2 Å². The van der Waals surface area contributed by atoms with Gasteiger partial charge in [0, 0.05) is 25.9 Å². The predicted molar refractivity (Wildman–Crippen MR) is 70.3 cm³/mol. The summed E-state index contributed by atoms with van der Waals surface area (Å²) in [4.78, 5) is 21.8. The molecule has 111 valence electrons. The summed E-state index contributed by atoms with van der Waals surface area (Å²) in [6.45, 7) is 4.38. The molecule has 0 aliphatic heterocycles. The molecule has 0 aliphatic rings. The molecule has 0 fully saturated rings. The molecule has 1 radical (unpaired) electrons. The van der Waals surface area contributed by atoms with Crippen LogP contribution in [0.1, 0.15) is 44.9 Å². The Morgan fingerprint density at radius 1 is 1.21 bits per heavy atom. The van der Waals surface area contributed by atoms with Crippen LogP contribution in [0.25, 0.3) is 0 Å². The molecule has 0 aromatic carbocycles. The molecule has 3 N–H and O–H groups in total. The first-order valence-electron chi connectivity index (χ1n) is 6.65. The van der Waals surface area contributed by atoms with Gasteiger partial charge in [-0.25, -0.2) is 0 Å². The van der Waals surface area contributed by atoms with E-state index >= 15 is 0 Å². The number of nitrogens with one attached hydrogen (secondary N) is 1. The Bertz CT molecular complexity index is 249. The van der Waals surface area contributed by atoms with Gasteiger partial charge in [0.2, 0.25) is 0 Å². The van der Waals surface area contributed by atoms with Crippen molar-refractivity contribution in [2.24, 2.45) is 0 Å². The first kappa shape index (κ1) is 17.9. The molecule has 6 nitrogen and oxygen atoms in total. The largest absolute Gasteiger partial charge is 0.481 e. The van der Waals surface area contributed by atoms with Gasteiger partial charge in [-0.3, -0.25) is 14.9 Å². The number of carboxylic acids is 1. The summed E-state index contributed by atoms with van der Waals surface area (Å²) >= 11 is 0. The summed E-state index contributed by atoms with van der Waals surface area (Å²) in [5.41, 5.74) is 0. The number of carbonyl (C=O) groups excluding carboxylic acids is 1. The molecule has 0 saturated carbocycles. The minimum atomic E-state index is -0.855. The number of carboxylic acid groups (broad SMARTS) is 1. The van der Waals surface area contributed by atoms with Gasteiger partial charge in [-0.1, -0.05) is 6.92 Å². The molecule has 0 aliphatic carbocycles. The lowest BCUT2D eigenvalue weighted by Gasteiger charge is -2.18. The van der Waals surface area contributed by atoms with E-state index in [-0.39, 0.29) is 25.4 Å². The van der Waals surface area contributed by atoms with Crippen molar-refractivity contribution in [3.63, 3.8) is 0 Å². The van der Waals surface area contributed by atoms with Crippen LogP contribution in [0.15, 0.2) is 0 Å². The predicted octanol–water partition coefficient (Wildman–Crippen LogP) is 1.09. The fourth-order valence-electron chi connectivity index (χ4n) is 1.51. The van der Waals surface area contributed by atoms with E-state index in [1.807, 2.05) is 0 Å². The molecule has 0 bridgehead atoms. The van der Waals surface area contributed by atoms with Crippen LogP contribution in [0, 0.1) is 6.92 Å². The summed E-state index contributed by atoms with van der Waals surface area (Å²) in [7, 11) is 0. The third-order valence-electron chi connectivity index (χ3n) is 2.47. The second-order valence-electron chi connectivity index (χ2n) is 4.25. The Morgan fingerprint density at radius 2 is 1.89 bits per heavy atom. The number of aliphatic hydroxyl groups is 1. The Balaban J connectivity index is 3.83. The number of ether oxygens (including phenoxy) is 1. The average molecular weight is 274 g/mol. The Morgan fingerprint density at radius 3 is 2.47 bits per heavy atom. The lowest BCUT2D eigenvalue weighted by Crippen LogP contribution is -2.34. The van der Waals surface area contributed by atoms with E-state index in [0.29, 0.717) is 38.6 Å². The maximum Gasteiger partial charge on any atom is 0.307 e. The number of unbranched alkanes of at least 4 members (excludes halogenated alkanes) is 1. The van der Waals surface area contributed by atoms with Gasteiger partial charge in [-0.15, -0.1) is 0 Å². The number of carbonyl (C=O) groups is 2. The second-order valence-corrected chi connectivity index (χ2v) is 4.25. The topological polar surface area (TPSA) is 95.9 Å². The molecule has 0 spiro atoms. The first-order valence-corrected chi connectivity index (χ1v) is 6.65. The zero-order valence-electron chi connectivity index (χ0n) is 11.3. The van der Waals surface area contributed by atoms with Crippen LogP contribution in [0.2, 0.25) is 0 Å². The molecule has 1 atom stereocenters. The van der Waals surface area contributed by atoms with Crippen molar-refractivity contribution in [1.29, 1.82) is 0 Å². The number of aliphatic hydroxyl groups excluding tert-OH is 1. The van der Waals surface area contributed by atoms with Crippen molar-refractivity contribution in [1.82, 2.24) is 5.32 Å². The van der Waals surface area contributed by atoms with Gasteiger partial charge in [0.15, 0.2) is 6.23 Å². The van der Waals surface area contributed by atoms with Gasteiger partial charge in [0.05, 0.1) is 0 Å². The molecular weight excluding hydrogens is 250 g/mol. The normalized spacial score (nSPS) is 12.1. The highest BCUT2D eigenvalue weighted by atomic mass is 16.6. The summed E-state index contributed by atoms with van der Waals surface area (Å²) in [5, 5.41) is 20.3. The highest BCUT2D eigenvalue weighted by Gasteiger charge is 2.13. The van der Waals surface area contributed by atoms with Crippen molar-refractivity contribution in [2.45, 2.75) is 51.2 Å². The van der Waals surface area contributed by atoms with Crippen LogP contribution < -0.4 is 5.32 Å². The molecule has 0 heterocycles. The summed E-state index contributed by atoms with van der Waals surface area (Å²) < 4.78 is 5.23. The van der Waals surface area contributed by atoms with Gasteiger partial charge in [0.25, 0.3) is 0 Å². The third kappa shape index (κ3) is 11.7. The minimum absolute atomic E-state index is 0.0543. The number of hydrogen-bond acceptors (Lipinski definition) is 5.